The molecule has 3 rings (SSSR count). The van der Waals surface area contributed by atoms with Crippen LogP contribution in [0.4, 0.5) is 11.4 Å². The maximum absolute atomic E-state index is 12.3. The Morgan fingerprint density at radius 3 is 2.90 bits per heavy atom. The molecule has 2 amide bonds. The second-order valence-corrected chi connectivity index (χ2v) is 5.83. The summed E-state index contributed by atoms with van der Waals surface area (Å²) in [6.45, 7) is 3.67. The first kappa shape index (κ1) is 13.7. The summed E-state index contributed by atoms with van der Waals surface area (Å²) in [4.78, 5) is 24.7. The highest BCUT2D eigenvalue weighted by molar-refractivity contribution is 8.00. The summed E-state index contributed by atoms with van der Waals surface area (Å²) in [5.41, 5.74) is 3.42. The van der Waals surface area contributed by atoms with Gasteiger partial charge >= 0.3 is 0 Å². The van der Waals surface area contributed by atoms with Gasteiger partial charge in [-0.3, -0.25) is 14.7 Å². The molecule has 1 aliphatic rings. The number of aryl methyl sites for hydroxylation is 2. The van der Waals surface area contributed by atoms with Crippen LogP contribution < -0.4 is 10.6 Å². The standard InChI is InChI=1S/C14H14N4O2S/c1-7-13(8(2)18-17-7)16-14(20)9-3-4-11-10(5-9)15-12(19)6-21-11/h3-5H,6H2,1-2H3,(H,15,19)(H,16,20)(H,17,18). The van der Waals surface area contributed by atoms with E-state index in [4.69, 9.17) is 0 Å². The molecule has 3 N–H and O–H groups in total. The Bertz CT molecular complexity index is 719. The molecule has 6 nitrogen and oxygen atoms in total. The number of carbonyl (C=O) groups excluding carboxylic acids is 2. The lowest BCUT2D eigenvalue weighted by Gasteiger charge is -2.17. The number of hydrogen-bond acceptors (Lipinski definition) is 4. The molecule has 2 heterocycles. The van der Waals surface area contributed by atoms with Crippen LogP contribution in [-0.4, -0.2) is 27.8 Å². The summed E-state index contributed by atoms with van der Waals surface area (Å²) in [5, 5.41) is 12.5. The Labute approximate surface area is 125 Å². The molecule has 0 atom stereocenters. The fourth-order valence-corrected chi connectivity index (χ4v) is 2.93. The number of benzene rings is 1. The number of rotatable bonds is 2. The minimum atomic E-state index is -0.227. The molecular formula is C14H14N4O2S. The normalized spacial score (nSPS) is 13.5. The first-order valence-electron chi connectivity index (χ1n) is 6.44. The van der Waals surface area contributed by atoms with Crippen LogP contribution in [0.1, 0.15) is 21.7 Å². The fraction of sp³-hybridized carbons (Fsp3) is 0.214. The maximum Gasteiger partial charge on any atom is 0.255 e. The van der Waals surface area contributed by atoms with Gasteiger partial charge in [0.05, 0.1) is 28.5 Å². The third-order valence-corrected chi connectivity index (χ3v) is 4.31. The number of hydrogen-bond donors (Lipinski definition) is 3. The molecule has 2 aromatic rings. The summed E-state index contributed by atoms with van der Waals surface area (Å²) in [6, 6.07) is 5.30. The summed E-state index contributed by atoms with van der Waals surface area (Å²) >= 11 is 1.47. The average molecular weight is 302 g/mol. The van der Waals surface area contributed by atoms with Gasteiger partial charge in [0.2, 0.25) is 5.91 Å². The van der Waals surface area contributed by atoms with E-state index in [2.05, 4.69) is 20.8 Å². The van der Waals surface area contributed by atoms with E-state index >= 15 is 0 Å². The van der Waals surface area contributed by atoms with Crippen molar-refractivity contribution in [2.45, 2.75) is 18.7 Å². The second kappa shape index (κ2) is 5.25. The number of anilines is 2. The Hall–Kier alpha value is -2.28. The lowest BCUT2D eigenvalue weighted by Crippen LogP contribution is -2.20. The highest BCUT2D eigenvalue weighted by atomic mass is 32.2. The first-order valence-corrected chi connectivity index (χ1v) is 7.43. The molecule has 7 heteroatoms. The first-order chi connectivity index (χ1) is 10.0. The van der Waals surface area contributed by atoms with Gasteiger partial charge in [-0.25, -0.2) is 0 Å². The van der Waals surface area contributed by atoms with E-state index in [0.29, 0.717) is 22.7 Å². The number of amides is 2. The SMILES string of the molecule is Cc1n[nH]c(C)c1NC(=O)c1ccc2c(c1)NC(=O)CS2. The van der Waals surface area contributed by atoms with Crippen LogP contribution in [0.3, 0.4) is 0 Å². The summed E-state index contributed by atoms with van der Waals surface area (Å²) in [6.07, 6.45) is 0. The number of nitrogens with one attached hydrogen (secondary N) is 3. The zero-order valence-electron chi connectivity index (χ0n) is 11.6. The van der Waals surface area contributed by atoms with E-state index in [1.165, 1.54) is 11.8 Å². The van der Waals surface area contributed by atoms with Crippen molar-refractivity contribution in [3.8, 4) is 0 Å². The number of thioether (sulfide) groups is 1. The van der Waals surface area contributed by atoms with Gasteiger partial charge in [-0.1, -0.05) is 0 Å². The molecule has 1 aromatic carbocycles. The lowest BCUT2D eigenvalue weighted by molar-refractivity contribution is -0.113. The van der Waals surface area contributed by atoms with Crippen LogP contribution in [0.2, 0.25) is 0 Å². The van der Waals surface area contributed by atoms with Gasteiger partial charge in [0.25, 0.3) is 5.91 Å². The van der Waals surface area contributed by atoms with Gasteiger partial charge in [-0.2, -0.15) is 5.10 Å². The van der Waals surface area contributed by atoms with Gasteiger partial charge in [0.15, 0.2) is 0 Å². The monoisotopic (exact) mass is 302 g/mol. The lowest BCUT2D eigenvalue weighted by atomic mass is 10.1. The van der Waals surface area contributed by atoms with Crippen molar-refractivity contribution in [3.05, 3.63) is 35.2 Å². The van der Waals surface area contributed by atoms with Crippen LogP contribution in [0.5, 0.6) is 0 Å². The Morgan fingerprint density at radius 2 is 2.19 bits per heavy atom. The molecule has 0 radical (unpaired) electrons. The van der Waals surface area contributed by atoms with Crippen LogP contribution in [0.15, 0.2) is 23.1 Å². The van der Waals surface area contributed by atoms with Crippen LogP contribution in [0, 0.1) is 13.8 Å². The Kier molecular flexibility index (Phi) is 3.42. The number of fused-ring (bicyclic) bond motifs is 1. The Balaban J connectivity index is 1.85. The molecule has 0 saturated heterocycles. The van der Waals surface area contributed by atoms with Gasteiger partial charge < -0.3 is 10.6 Å². The Morgan fingerprint density at radius 1 is 1.38 bits per heavy atom. The molecule has 0 fully saturated rings. The van der Waals surface area contributed by atoms with E-state index in [1.807, 2.05) is 19.9 Å². The van der Waals surface area contributed by atoms with E-state index in [-0.39, 0.29) is 11.8 Å². The van der Waals surface area contributed by atoms with Crippen LogP contribution in [0.25, 0.3) is 0 Å². The molecule has 21 heavy (non-hydrogen) atoms. The third kappa shape index (κ3) is 2.64. The second-order valence-electron chi connectivity index (χ2n) is 4.81. The smallest absolute Gasteiger partial charge is 0.255 e. The van der Waals surface area contributed by atoms with Crippen LogP contribution in [-0.2, 0) is 4.79 Å². The fourth-order valence-electron chi connectivity index (χ4n) is 2.15. The van der Waals surface area contributed by atoms with Gasteiger partial charge in [-0.05, 0) is 32.0 Å². The van der Waals surface area contributed by atoms with Crippen molar-refractivity contribution in [1.29, 1.82) is 0 Å². The largest absolute Gasteiger partial charge is 0.324 e. The van der Waals surface area contributed by atoms with Gasteiger partial charge in [-0.15, -0.1) is 11.8 Å². The predicted molar refractivity (Wildman–Crippen MR) is 81.8 cm³/mol. The molecule has 108 valence electrons. The topological polar surface area (TPSA) is 86.9 Å². The number of aromatic amines is 1. The number of aromatic nitrogens is 2. The minimum absolute atomic E-state index is 0.0495. The van der Waals surface area contributed by atoms with Gasteiger partial charge in [0.1, 0.15) is 0 Å². The summed E-state index contributed by atoms with van der Waals surface area (Å²) in [7, 11) is 0. The molecule has 1 aliphatic heterocycles. The van der Waals surface area contributed by atoms with Crippen molar-refractivity contribution in [3.63, 3.8) is 0 Å². The van der Waals surface area contributed by atoms with Gasteiger partial charge in [0, 0.05) is 10.5 Å². The van der Waals surface area contributed by atoms with E-state index in [0.717, 1.165) is 16.3 Å². The van der Waals surface area contributed by atoms with E-state index in [1.54, 1.807) is 12.1 Å². The number of carbonyl (C=O) groups is 2. The van der Waals surface area contributed by atoms with Crippen molar-refractivity contribution < 1.29 is 9.59 Å². The molecule has 0 saturated carbocycles. The summed E-state index contributed by atoms with van der Waals surface area (Å²) in [5.74, 6) is 0.133. The predicted octanol–water partition coefficient (Wildman–Crippen LogP) is 2.32. The van der Waals surface area contributed by atoms with Crippen molar-refractivity contribution in [2.24, 2.45) is 0 Å². The van der Waals surface area contributed by atoms with Crippen molar-refractivity contribution in [1.82, 2.24) is 10.2 Å². The average Bonchev–Trinajstić information content (AvgIpc) is 2.78. The zero-order chi connectivity index (χ0) is 15.0. The molecule has 0 unspecified atom stereocenters. The highest BCUT2D eigenvalue weighted by Gasteiger charge is 2.18. The molecule has 0 aliphatic carbocycles. The minimum Gasteiger partial charge on any atom is -0.324 e. The van der Waals surface area contributed by atoms with Crippen molar-refractivity contribution >= 4 is 35.0 Å². The van der Waals surface area contributed by atoms with E-state index < -0.39 is 0 Å². The zero-order valence-corrected chi connectivity index (χ0v) is 12.4. The molecule has 1 aromatic heterocycles. The maximum atomic E-state index is 12.3. The van der Waals surface area contributed by atoms with Crippen LogP contribution >= 0.6 is 11.8 Å². The number of nitrogens with zero attached hydrogens (tertiary/aromatic N) is 1. The summed E-state index contributed by atoms with van der Waals surface area (Å²) < 4.78 is 0. The molecule has 0 bridgehead atoms. The molecular weight excluding hydrogens is 288 g/mol. The van der Waals surface area contributed by atoms with Crippen molar-refractivity contribution in [2.75, 3.05) is 16.4 Å². The molecule has 0 spiro atoms. The third-order valence-electron chi connectivity index (χ3n) is 3.24. The quantitative estimate of drug-likeness (QED) is 0.794. The van der Waals surface area contributed by atoms with E-state index in [9.17, 15) is 9.59 Å². The number of H-pyrrole nitrogens is 1. The highest BCUT2D eigenvalue weighted by Crippen LogP contribution is 2.32.